The van der Waals surface area contributed by atoms with E-state index in [9.17, 15) is 0 Å². The topological polar surface area (TPSA) is 30.5 Å². The Morgan fingerprint density at radius 2 is 2.00 bits per heavy atom. The molecule has 0 aromatic heterocycles. The number of rotatable bonds is 6. The van der Waals surface area contributed by atoms with Gasteiger partial charge in [-0.3, -0.25) is 0 Å². The van der Waals surface area contributed by atoms with Gasteiger partial charge in [0.25, 0.3) is 0 Å². The van der Waals surface area contributed by atoms with Crippen molar-refractivity contribution in [3.05, 3.63) is 0 Å². The lowest BCUT2D eigenvalue weighted by Gasteiger charge is -2.46. The van der Waals surface area contributed by atoms with Crippen LogP contribution in [-0.4, -0.2) is 38.0 Å². The minimum Gasteiger partial charge on any atom is -0.374 e. The van der Waals surface area contributed by atoms with Crippen LogP contribution >= 0.6 is 0 Å². The van der Waals surface area contributed by atoms with E-state index in [1.54, 1.807) is 0 Å². The zero-order valence-electron chi connectivity index (χ0n) is 12.2. The standard InChI is InChI=1S/C15H29NO2/c1-4-11-7-6-8-12(9-11)18-14-10-13(16-3)15(14)17-5-2/h11-16H,4-10H2,1-3H3. The highest BCUT2D eigenvalue weighted by molar-refractivity contribution is 4.97. The van der Waals surface area contributed by atoms with E-state index < -0.39 is 0 Å². The summed E-state index contributed by atoms with van der Waals surface area (Å²) < 4.78 is 12.1. The van der Waals surface area contributed by atoms with Gasteiger partial charge in [-0.25, -0.2) is 0 Å². The minimum absolute atomic E-state index is 0.266. The van der Waals surface area contributed by atoms with Gasteiger partial charge >= 0.3 is 0 Å². The van der Waals surface area contributed by atoms with Crippen LogP contribution in [0.2, 0.25) is 0 Å². The molecule has 0 aromatic carbocycles. The van der Waals surface area contributed by atoms with Crippen LogP contribution in [0.15, 0.2) is 0 Å². The lowest BCUT2D eigenvalue weighted by molar-refractivity contribution is -0.172. The molecule has 0 aromatic rings. The van der Waals surface area contributed by atoms with Crippen molar-refractivity contribution >= 4 is 0 Å². The van der Waals surface area contributed by atoms with Gasteiger partial charge in [0, 0.05) is 12.6 Å². The molecule has 5 atom stereocenters. The van der Waals surface area contributed by atoms with Crippen molar-refractivity contribution in [2.24, 2.45) is 5.92 Å². The molecule has 2 saturated carbocycles. The van der Waals surface area contributed by atoms with Gasteiger partial charge in [0.15, 0.2) is 0 Å². The van der Waals surface area contributed by atoms with Crippen LogP contribution in [0, 0.1) is 5.92 Å². The number of nitrogens with one attached hydrogen (secondary N) is 1. The Bertz CT molecular complexity index is 247. The van der Waals surface area contributed by atoms with E-state index in [1.807, 2.05) is 7.05 Å². The largest absolute Gasteiger partial charge is 0.374 e. The fraction of sp³-hybridized carbons (Fsp3) is 1.00. The molecule has 0 radical (unpaired) electrons. The lowest BCUT2D eigenvalue weighted by Crippen LogP contribution is -2.60. The van der Waals surface area contributed by atoms with E-state index in [-0.39, 0.29) is 6.10 Å². The predicted octanol–water partition coefficient (Wildman–Crippen LogP) is 2.74. The van der Waals surface area contributed by atoms with Gasteiger partial charge in [-0.2, -0.15) is 0 Å². The molecule has 3 nitrogen and oxygen atoms in total. The molecule has 5 unspecified atom stereocenters. The van der Waals surface area contributed by atoms with Crippen molar-refractivity contribution in [1.82, 2.24) is 5.32 Å². The number of likely N-dealkylation sites (N-methyl/N-ethyl adjacent to an activating group) is 1. The third kappa shape index (κ3) is 3.25. The molecule has 0 spiro atoms. The van der Waals surface area contributed by atoms with Crippen LogP contribution in [0.1, 0.15) is 52.4 Å². The summed E-state index contributed by atoms with van der Waals surface area (Å²) in [6.45, 7) is 5.15. The Hall–Kier alpha value is -0.120. The molecule has 106 valence electrons. The van der Waals surface area contributed by atoms with E-state index in [0.717, 1.165) is 18.9 Å². The van der Waals surface area contributed by atoms with Gasteiger partial charge in [0.2, 0.25) is 0 Å². The van der Waals surface area contributed by atoms with Gasteiger partial charge in [0.05, 0.1) is 18.3 Å². The molecule has 0 heterocycles. The molecule has 2 aliphatic carbocycles. The normalized spacial score (nSPS) is 40.5. The molecule has 1 N–H and O–H groups in total. The summed E-state index contributed by atoms with van der Waals surface area (Å²) in [5.41, 5.74) is 0. The summed E-state index contributed by atoms with van der Waals surface area (Å²) in [5, 5.41) is 3.32. The highest BCUT2D eigenvalue weighted by atomic mass is 16.6. The van der Waals surface area contributed by atoms with Gasteiger partial charge in [-0.05, 0) is 39.2 Å². The Kier molecular flexibility index (Phi) is 5.46. The molecule has 0 saturated heterocycles. The first kappa shape index (κ1) is 14.3. The Labute approximate surface area is 112 Å². The van der Waals surface area contributed by atoms with Crippen molar-refractivity contribution in [3.8, 4) is 0 Å². The van der Waals surface area contributed by atoms with Crippen molar-refractivity contribution in [3.63, 3.8) is 0 Å². The first-order valence-corrected chi connectivity index (χ1v) is 7.72. The first-order valence-electron chi connectivity index (χ1n) is 7.72. The molecule has 2 fully saturated rings. The molecule has 0 bridgehead atoms. The van der Waals surface area contributed by atoms with E-state index in [1.165, 1.54) is 32.1 Å². The minimum atomic E-state index is 0.266. The Morgan fingerprint density at radius 3 is 2.67 bits per heavy atom. The van der Waals surface area contributed by atoms with E-state index in [4.69, 9.17) is 9.47 Å². The van der Waals surface area contributed by atoms with Crippen LogP contribution in [0.5, 0.6) is 0 Å². The van der Waals surface area contributed by atoms with Crippen LogP contribution in [0.25, 0.3) is 0 Å². The fourth-order valence-corrected chi connectivity index (χ4v) is 3.40. The van der Waals surface area contributed by atoms with Crippen LogP contribution in [0.4, 0.5) is 0 Å². The van der Waals surface area contributed by atoms with Crippen molar-refractivity contribution in [2.75, 3.05) is 13.7 Å². The second kappa shape index (κ2) is 6.88. The summed E-state index contributed by atoms with van der Waals surface area (Å²) in [6, 6.07) is 0.487. The average molecular weight is 255 g/mol. The van der Waals surface area contributed by atoms with E-state index in [2.05, 4.69) is 19.2 Å². The SMILES string of the molecule is CCOC1C(NC)CC1OC1CCCC(CC)C1. The van der Waals surface area contributed by atoms with E-state index >= 15 is 0 Å². The zero-order chi connectivity index (χ0) is 13.0. The van der Waals surface area contributed by atoms with Crippen molar-refractivity contribution in [2.45, 2.75) is 76.7 Å². The van der Waals surface area contributed by atoms with Gasteiger partial charge < -0.3 is 14.8 Å². The third-order valence-electron chi connectivity index (χ3n) is 4.66. The Balaban J connectivity index is 1.78. The highest BCUT2D eigenvalue weighted by Gasteiger charge is 2.43. The maximum absolute atomic E-state index is 6.29. The second-order valence-electron chi connectivity index (χ2n) is 5.79. The summed E-state index contributed by atoms with van der Waals surface area (Å²) in [5.74, 6) is 0.884. The number of hydrogen-bond acceptors (Lipinski definition) is 3. The molecule has 18 heavy (non-hydrogen) atoms. The van der Waals surface area contributed by atoms with Gasteiger partial charge in [-0.15, -0.1) is 0 Å². The van der Waals surface area contributed by atoms with Gasteiger partial charge in [-0.1, -0.05) is 26.2 Å². The third-order valence-corrected chi connectivity index (χ3v) is 4.66. The fourth-order valence-electron chi connectivity index (χ4n) is 3.40. The predicted molar refractivity (Wildman–Crippen MR) is 73.8 cm³/mol. The molecule has 2 aliphatic rings. The van der Waals surface area contributed by atoms with Crippen LogP contribution in [-0.2, 0) is 9.47 Å². The summed E-state index contributed by atoms with van der Waals surface area (Å²) in [6.07, 6.45) is 8.72. The molecule has 3 heteroatoms. The van der Waals surface area contributed by atoms with Crippen molar-refractivity contribution < 1.29 is 9.47 Å². The summed E-state index contributed by atoms with van der Waals surface area (Å²) in [7, 11) is 2.01. The zero-order valence-corrected chi connectivity index (χ0v) is 12.2. The molecule has 0 aliphatic heterocycles. The van der Waals surface area contributed by atoms with Gasteiger partial charge in [0.1, 0.15) is 0 Å². The summed E-state index contributed by atoms with van der Waals surface area (Å²) >= 11 is 0. The smallest absolute Gasteiger partial charge is 0.0990 e. The average Bonchev–Trinajstić information content (AvgIpc) is 2.40. The highest BCUT2D eigenvalue weighted by Crippen LogP contribution is 2.34. The Morgan fingerprint density at radius 1 is 1.17 bits per heavy atom. The lowest BCUT2D eigenvalue weighted by atomic mass is 9.83. The van der Waals surface area contributed by atoms with Crippen molar-refractivity contribution in [1.29, 1.82) is 0 Å². The van der Waals surface area contributed by atoms with Crippen LogP contribution in [0.3, 0.4) is 0 Å². The molecular weight excluding hydrogens is 226 g/mol. The van der Waals surface area contributed by atoms with E-state index in [0.29, 0.717) is 18.2 Å². The molecule has 2 rings (SSSR count). The second-order valence-corrected chi connectivity index (χ2v) is 5.79. The maximum atomic E-state index is 6.29. The van der Waals surface area contributed by atoms with Crippen LogP contribution < -0.4 is 5.32 Å². The monoisotopic (exact) mass is 255 g/mol. The number of hydrogen-bond donors (Lipinski definition) is 1. The molecular formula is C15H29NO2. The summed E-state index contributed by atoms with van der Waals surface area (Å²) in [4.78, 5) is 0. The molecule has 0 amide bonds. The number of ether oxygens (including phenoxy) is 2. The first-order chi connectivity index (χ1) is 8.78. The quantitative estimate of drug-likeness (QED) is 0.791. The maximum Gasteiger partial charge on any atom is 0.0990 e.